The Bertz CT molecular complexity index is 597. The third kappa shape index (κ3) is 4.18. The number of carboxylic acids is 2. The van der Waals surface area contributed by atoms with Gasteiger partial charge >= 0.3 is 11.9 Å². The van der Waals surface area contributed by atoms with Crippen LogP contribution in [0.2, 0.25) is 0 Å². The minimum atomic E-state index is -0.837. The SMILES string of the molecule is O=C(O)CSc1ccc2cc(SCC(=O)O)ccc2c1. The van der Waals surface area contributed by atoms with E-state index in [2.05, 4.69) is 0 Å². The van der Waals surface area contributed by atoms with Gasteiger partial charge in [-0.2, -0.15) is 0 Å². The molecule has 0 spiro atoms. The lowest BCUT2D eigenvalue weighted by molar-refractivity contribution is -0.134. The summed E-state index contributed by atoms with van der Waals surface area (Å²) in [6.07, 6.45) is 0. The van der Waals surface area contributed by atoms with Gasteiger partial charge in [-0.15, -0.1) is 23.5 Å². The van der Waals surface area contributed by atoms with E-state index in [1.807, 2.05) is 36.4 Å². The van der Waals surface area contributed by atoms with Crippen LogP contribution in [-0.2, 0) is 9.59 Å². The normalized spacial score (nSPS) is 10.6. The van der Waals surface area contributed by atoms with E-state index in [1.165, 1.54) is 23.5 Å². The molecule has 0 aromatic heterocycles. The molecular weight excluding hydrogens is 296 g/mol. The number of aliphatic carboxylic acids is 2. The molecule has 2 aromatic carbocycles. The quantitative estimate of drug-likeness (QED) is 0.798. The zero-order chi connectivity index (χ0) is 14.5. The molecule has 0 radical (unpaired) electrons. The van der Waals surface area contributed by atoms with Crippen LogP contribution in [0.25, 0.3) is 10.8 Å². The van der Waals surface area contributed by atoms with Crippen molar-refractivity contribution >= 4 is 46.2 Å². The van der Waals surface area contributed by atoms with Crippen molar-refractivity contribution in [3.63, 3.8) is 0 Å². The number of rotatable bonds is 6. The largest absolute Gasteiger partial charge is 0.481 e. The molecule has 0 heterocycles. The molecule has 0 atom stereocenters. The van der Waals surface area contributed by atoms with E-state index in [1.54, 1.807) is 0 Å². The summed E-state index contributed by atoms with van der Waals surface area (Å²) in [5.41, 5.74) is 0. The third-order valence-electron chi connectivity index (χ3n) is 2.51. The fraction of sp³-hybridized carbons (Fsp3) is 0.143. The molecule has 0 fully saturated rings. The average Bonchev–Trinajstić information content (AvgIpc) is 2.42. The van der Waals surface area contributed by atoms with Crippen molar-refractivity contribution in [2.75, 3.05) is 11.5 Å². The van der Waals surface area contributed by atoms with Gasteiger partial charge in [-0.1, -0.05) is 12.1 Å². The number of hydrogen-bond donors (Lipinski definition) is 2. The van der Waals surface area contributed by atoms with E-state index >= 15 is 0 Å². The molecule has 20 heavy (non-hydrogen) atoms. The van der Waals surface area contributed by atoms with Gasteiger partial charge in [-0.3, -0.25) is 9.59 Å². The topological polar surface area (TPSA) is 74.6 Å². The molecule has 6 heteroatoms. The van der Waals surface area contributed by atoms with Gasteiger partial charge in [-0.25, -0.2) is 0 Å². The number of benzene rings is 2. The molecule has 0 saturated carbocycles. The van der Waals surface area contributed by atoms with Gasteiger partial charge in [0.2, 0.25) is 0 Å². The average molecular weight is 308 g/mol. The fourth-order valence-electron chi connectivity index (χ4n) is 1.67. The second-order valence-electron chi connectivity index (χ2n) is 4.04. The Morgan fingerprint density at radius 1 is 0.800 bits per heavy atom. The van der Waals surface area contributed by atoms with Gasteiger partial charge in [-0.05, 0) is 35.0 Å². The summed E-state index contributed by atoms with van der Waals surface area (Å²) in [5.74, 6) is -1.60. The second-order valence-corrected chi connectivity index (χ2v) is 6.13. The van der Waals surface area contributed by atoms with Crippen LogP contribution in [0.15, 0.2) is 46.2 Å². The summed E-state index contributed by atoms with van der Waals surface area (Å²) in [7, 11) is 0. The first-order valence-corrected chi connectivity index (χ1v) is 7.75. The lowest BCUT2D eigenvalue weighted by Crippen LogP contribution is -1.97. The molecule has 2 N–H and O–H groups in total. The van der Waals surface area contributed by atoms with Gasteiger partial charge < -0.3 is 10.2 Å². The van der Waals surface area contributed by atoms with E-state index in [-0.39, 0.29) is 11.5 Å². The molecule has 104 valence electrons. The van der Waals surface area contributed by atoms with Crippen LogP contribution in [0.4, 0.5) is 0 Å². The molecule has 0 aliphatic heterocycles. The Morgan fingerprint density at radius 3 is 1.55 bits per heavy atom. The Balaban J connectivity index is 2.16. The Kier molecular flexibility index (Phi) is 4.92. The predicted octanol–water partition coefficient (Wildman–Crippen LogP) is 3.19. The van der Waals surface area contributed by atoms with Crippen LogP contribution >= 0.6 is 23.5 Å². The molecule has 4 nitrogen and oxygen atoms in total. The molecular formula is C14H12O4S2. The Morgan fingerprint density at radius 2 is 1.20 bits per heavy atom. The summed E-state index contributed by atoms with van der Waals surface area (Å²) in [4.78, 5) is 22.9. The summed E-state index contributed by atoms with van der Waals surface area (Å²) in [6, 6.07) is 11.5. The zero-order valence-electron chi connectivity index (χ0n) is 10.4. The third-order valence-corrected chi connectivity index (χ3v) is 4.46. The monoisotopic (exact) mass is 308 g/mol. The van der Waals surface area contributed by atoms with E-state index in [4.69, 9.17) is 10.2 Å². The van der Waals surface area contributed by atoms with Crippen molar-refractivity contribution in [1.82, 2.24) is 0 Å². The maximum absolute atomic E-state index is 10.5. The van der Waals surface area contributed by atoms with Crippen molar-refractivity contribution < 1.29 is 19.8 Å². The van der Waals surface area contributed by atoms with Crippen LogP contribution in [0.1, 0.15) is 0 Å². The molecule has 0 amide bonds. The van der Waals surface area contributed by atoms with Crippen molar-refractivity contribution in [2.45, 2.75) is 9.79 Å². The summed E-state index contributed by atoms with van der Waals surface area (Å²) in [6.45, 7) is 0. The fourth-order valence-corrected chi connectivity index (χ4v) is 3.00. The van der Waals surface area contributed by atoms with Gasteiger partial charge in [0.25, 0.3) is 0 Å². The highest BCUT2D eigenvalue weighted by molar-refractivity contribution is 8.00. The smallest absolute Gasteiger partial charge is 0.313 e. The van der Waals surface area contributed by atoms with E-state index in [9.17, 15) is 9.59 Å². The van der Waals surface area contributed by atoms with Crippen molar-refractivity contribution in [3.05, 3.63) is 36.4 Å². The highest BCUT2D eigenvalue weighted by Crippen LogP contribution is 2.27. The lowest BCUT2D eigenvalue weighted by atomic mass is 10.1. The first-order valence-electron chi connectivity index (χ1n) is 5.77. The summed E-state index contributed by atoms with van der Waals surface area (Å²) >= 11 is 2.56. The van der Waals surface area contributed by atoms with Crippen molar-refractivity contribution in [2.24, 2.45) is 0 Å². The molecule has 2 aromatic rings. The molecule has 0 unspecified atom stereocenters. The molecule has 2 rings (SSSR count). The summed E-state index contributed by atoms with van der Waals surface area (Å²) < 4.78 is 0. The molecule has 0 saturated heterocycles. The minimum absolute atomic E-state index is 0.0397. The standard InChI is InChI=1S/C14H12O4S2/c15-13(16)7-19-11-3-1-9-5-12(20-8-14(17)18)4-2-10(9)6-11/h1-6H,7-8H2,(H,15,16)(H,17,18). The summed E-state index contributed by atoms with van der Waals surface area (Å²) in [5, 5.41) is 19.3. The van der Waals surface area contributed by atoms with Gasteiger partial charge in [0.05, 0.1) is 11.5 Å². The number of carboxylic acid groups (broad SMARTS) is 2. The Labute approximate surface area is 124 Å². The zero-order valence-corrected chi connectivity index (χ0v) is 12.0. The number of thioether (sulfide) groups is 2. The van der Waals surface area contributed by atoms with Gasteiger partial charge in [0, 0.05) is 9.79 Å². The lowest BCUT2D eigenvalue weighted by Gasteiger charge is -2.04. The van der Waals surface area contributed by atoms with Crippen molar-refractivity contribution in [3.8, 4) is 0 Å². The molecule has 0 bridgehead atoms. The predicted molar refractivity (Wildman–Crippen MR) is 80.7 cm³/mol. The van der Waals surface area contributed by atoms with Crippen molar-refractivity contribution in [1.29, 1.82) is 0 Å². The number of hydrogen-bond acceptors (Lipinski definition) is 4. The first-order chi connectivity index (χ1) is 9.54. The van der Waals surface area contributed by atoms with E-state index in [0.29, 0.717) is 0 Å². The molecule has 0 aliphatic rings. The first kappa shape index (κ1) is 14.7. The second kappa shape index (κ2) is 6.67. The van der Waals surface area contributed by atoms with Gasteiger partial charge in [0.1, 0.15) is 0 Å². The van der Waals surface area contributed by atoms with E-state index in [0.717, 1.165) is 20.6 Å². The number of fused-ring (bicyclic) bond motifs is 1. The van der Waals surface area contributed by atoms with Crippen LogP contribution in [0.5, 0.6) is 0 Å². The van der Waals surface area contributed by atoms with Gasteiger partial charge in [0.15, 0.2) is 0 Å². The number of carbonyl (C=O) groups is 2. The Hall–Kier alpha value is -1.66. The maximum Gasteiger partial charge on any atom is 0.313 e. The molecule has 0 aliphatic carbocycles. The highest BCUT2D eigenvalue weighted by atomic mass is 32.2. The maximum atomic E-state index is 10.5. The highest BCUT2D eigenvalue weighted by Gasteiger charge is 2.04. The minimum Gasteiger partial charge on any atom is -0.481 e. The van der Waals surface area contributed by atoms with Crippen LogP contribution < -0.4 is 0 Å². The van der Waals surface area contributed by atoms with Crippen LogP contribution in [0.3, 0.4) is 0 Å². The van der Waals surface area contributed by atoms with Crippen LogP contribution in [0, 0.1) is 0 Å². The van der Waals surface area contributed by atoms with E-state index < -0.39 is 11.9 Å². The van der Waals surface area contributed by atoms with Crippen LogP contribution in [-0.4, -0.2) is 33.7 Å².